The van der Waals surface area contributed by atoms with E-state index in [0.717, 1.165) is 11.3 Å². The molecule has 5 nitrogen and oxygen atoms in total. The lowest BCUT2D eigenvalue weighted by atomic mass is 10.2. The highest BCUT2D eigenvalue weighted by Gasteiger charge is 2.13. The minimum absolute atomic E-state index is 0.285. The summed E-state index contributed by atoms with van der Waals surface area (Å²) in [4.78, 5) is 23.6. The molecular formula is C16H12FN3O2S. The summed E-state index contributed by atoms with van der Waals surface area (Å²) in [7, 11) is 0. The Bertz CT molecular complexity index is 871. The summed E-state index contributed by atoms with van der Waals surface area (Å²) in [5.74, 6) is -1.36. The van der Waals surface area contributed by atoms with E-state index in [0.29, 0.717) is 16.3 Å². The van der Waals surface area contributed by atoms with Crippen LogP contribution in [-0.2, 0) is 0 Å². The van der Waals surface area contributed by atoms with Crippen molar-refractivity contribution in [3.63, 3.8) is 0 Å². The molecule has 0 atom stereocenters. The van der Waals surface area contributed by atoms with Crippen LogP contribution in [0.3, 0.4) is 0 Å². The molecule has 2 heterocycles. The van der Waals surface area contributed by atoms with Crippen LogP contribution >= 0.6 is 11.3 Å². The smallest absolute Gasteiger partial charge is 0.265 e. The molecule has 0 fully saturated rings. The SMILES string of the molecule is NC(=O)c1csc(C(=O)Nc2ccc(F)c(-n3cccc3)c2)c1. The second-order valence-corrected chi connectivity index (χ2v) is 5.69. The molecule has 0 saturated carbocycles. The Hall–Kier alpha value is -2.93. The van der Waals surface area contributed by atoms with Crippen LogP contribution in [0, 0.1) is 5.82 Å². The van der Waals surface area contributed by atoms with Gasteiger partial charge in [-0.2, -0.15) is 0 Å². The van der Waals surface area contributed by atoms with Gasteiger partial charge in [0.25, 0.3) is 5.91 Å². The Kier molecular flexibility index (Phi) is 3.94. The van der Waals surface area contributed by atoms with E-state index in [1.165, 1.54) is 29.6 Å². The number of nitrogens with zero attached hydrogens (tertiary/aromatic N) is 1. The normalized spacial score (nSPS) is 10.5. The maximum absolute atomic E-state index is 13.9. The first-order chi connectivity index (χ1) is 11.0. The first-order valence-corrected chi connectivity index (χ1v) is 7.55. The molecule has 0 unspecified atom stereocenters. The highest BCUT2D eigenvalue weighted by atomic mass is 32.1. The molecule has 0 aliphatic carbocycles. The average Bonchev–Trinajstić information content (AvgIpc) is 3.20. The number of nitrogens with two attached hydrogens (primary N) is 1. The van der Waals surface area contributed by atoms with Crippen molar-refractivity contribution < 1.29 is 14.0 Å². The van der Waals surface area contributed by atoms with E-state index in [9.17, 15) is 14.0 Å². The van der Waals surface area contributed by atoms with E-state index in [2.05, 4.69) is 5.32 Å². The highest BCUT2D eigenvalue weighted by molar-refractivity contribution is 7.12. The van der Waals surface area contributed by atoms with Gasteiger partial charge in [-0.15, -0.1) is 11.3 Å². The predicted molar refractivity (Wildman–Crippen MR) is 86.5 cm³/mol. The fraction of sp³-hybridized carbons (Fsp3) is 0. The summed E-state index contributed by atoms with van der Waals surface area (Å²) in [5, 5.41) is 4.20. The lowest BCUT2D eigenvalue weighted by Crippen LogP contribution is -2.12. The van der Waals surface area contributed by atoms with E-state index in [-0.39, 0.29) is 11.5 Å². The van der Waals surface area contributed by atoms with Crippen molar-refractivity contribution >= 4 is 28.8 Å². The molecule has 0 bridgehead atoms. The van der Waals surface area contributed by atoms with Crippen LogP contribution in [0.2, 0.25) is 0 Å². The van der Waals surface area contributed by atoms with Gasteiger partial charge in [0, 0.05) is 23.5 Å². The van der Waals surface area contributed by atoms with E-state index in [1.54, 1.807) is 29.1 Å². The Labute approximate surface area is 135 Å². The zero-order valence-electron chi connectivity index (χ0n) is 11.8. The molecule has 0 saturated heterocycles. The van der Waals surface area contributed by atoms with Crippen molar-refractivity contribution in [1.82, 2.24) is 4.57 Å². The first-order valence-electron chi connectivity index (χ1n) is 6.67. The number of halogens is 1. The second kappa shape index (κ2) is 6.05. The predicted octanol–water partition coefficient (Wildman–Crippen LogP) is 3.03. The Morgan fingerprint density at radius 1 is 1.17 bits per heavy atom. The number of carbonyl (C=O) groups is 2. The molecule has 3 aromatic rings. The molecule has 0 spiro atoms. The van der Waals surface area contributed by atoms with Crippen molar-refractivity contribution in [2.24, 2.45) is 5.73 Å². The third-order valence-corrected chi connectivity index (χ3v) is 4.12. The van der Waals surface area contributed by atoms with Gasteiger partial charge in [0.1, 0.15) is 5.82 Å². The molecule has 2 aromatic heterocycles. The third-order valence-electron chi connectivity index (χ3n) is 3.19. The Morgan fingerprint density at radius 3 is 2.57 bits per heavy atom. The van der Waals surface area contributed by atoms with E-state index in [4.69, 9.17) is 5.73 Å². The maximum atomic E-state index is 13.9. The topological polar surface area (TPSA) is 77.1 Å². The standard InChI is InChI=1S/C16H12FN3O2S/c17-12-4-3-11(8-13(12)20-5-1-2-6-20)19-16(22)14-7-10(9-23-14)15(18)21/h1-9H,(H2,18,21)(H,19,22). The molecule has 0 aliphatic rings. The van der Waals surface area contributed by atoms with Gasteiger partial charge in [0.15, 0.2) is 0 Å². The van der Waals surface area contributed by atoms with Crippen LogP contribution < -0.4 is 11.1 Å². The molecule has 2 amide bonds. The molecule has 0 aliphatic heterocycles. The Morgan fingerprint density at radius 2 is 1.91 bits per heavy atom. The number of carbonyl (C=O) groups excluding carboxylic acids is 2. The van der Waals surface area contributed by atoms with Crippen molar-refractivity contribution in [3.8, 4) is 5.69 Å². The zero-order chi connectivity index (χ0) is 16.4. The number of benzene rings is 1. The van der Waals surface area contributed by atoms with Gasteiger partial charge in [-0.3, -0.25) is 9.59 Å². The number of thiophene rings is 1. The van der Waals surface area contributed by atoms with Crippen molar-refractivity contribution in [2.45, 2.75) is 0 Å². The number of hydrogen-bond donors (Lipinski definition) is 2. The summed E-state index contributed by atoms with van der Waals surface area (Å²) in [5.41, 5.74) is 6.23. The maximum Gasteiger partial charge on any atom is 0.265 e. The van der Waals surface area contributed by atoms with Crippen LogP contribution in [0.15, 0.2) is 54.2 Å². The number of nitrogens with one attached hydrogen (secondary N) is 1. The molecule has 23 heavy (non-hydrogen) atoms. The largest absolute Gasteiger partial charge is 0.366 e. The third kappa shape index (κ3) is 3.14. The van der Waals surface area contributed by atoms with E-state index in [1.807, 2.05) is 0 Å². The molecule has 116 valence electrons. The fourth-order valence-corrected chi connectivity index (χ4v) is 2.85. The van der Waals surface area contributed by atoms with Gasteiger partial charge >= 0.3 is 0 Å². The van der Waals surface area contributed by atoms with E-state index < -0.39 is 11.7 Å². The lowest BCUT2D eigenvalue weighted by molar-refractivity contribution is 0.100. The molecule has 3 rings (SSSR count). The van der Waals surface area contributed by atoms with Gasteiger partial charge in [-0.1, -0.05) is 0 Å². The monoisotopic (exact) mass is 329 g/mol. The van der Waals surface area contributed by atoms with Crippen LogP contribution in [0.1, 0.15) is 20.0 Å². The minimum Gasteiger partial charge on any atom is -0.366 e. The number of primary amides is 1. The number of rotatable bonds is 4. The second-order valence-electron chi connectivity index (χ2n) is 4.77. The number of anilines is 1. The number of amides is 2. The minimum atomic E-state index is -0.586. The number of hydrogen-bond acceptors (Lipinski definition) is 3. The van der Waals surface area contributed by atoms with Gasteiger partial charge in [-0.25, -0.2) is 4.39 Å². The summed E-state index contributed by atoms with van der Waals surface area (Å²) < 4.78 is 15.5. The van der Waals surface area contributed by atoms with Crippen molar-refractivity contribution in [1.29, 1.82) is 0 Å². The van der Waals surface area contributed by atoms with Crippen LogP contribution in [0.4, 0.5) is 10.1 Å². The fourth-order valence-electron chi connectivity index (χ4n) is 2.06. The van der Waals surface area contributed by atoms with Gasteiger partial charge in [0.05, 0.1) is 16.1 Å². The van der Waals surface area contributed by atoms with Crippen LogP contribution in [0.25, 0.3) is 5.69 Å². The quantitative estimate of drug-likeness (QED) is 0.772. The average molecular weight is 329 g/mol. The van der Waals surface area contributed by atoms with Gasteiger partial charge < -0.3 is 15.6 Å². The molecule has 7 heteroatoms. The summed E-state index contributed by atoms with van der Waals surface area (Å²) >= 11 is 1.12. The lowest BCUT2D eigenvalue weighted by Gasteiger charge is -2.09. The molecular weight excluding hydrogens is 317 g/mol. The summed E-state index contributed by atoms with van der Waals surface area (Å²) in [6.07, 6.45) is 3.42. The van der Waals surface area contributed by atoms with Crippen LogP contribution in [0.5, 0.6) is 0 Å². The molecule has 0 radical (unpaired) electrons. The summed E-state index contributed by atoms with van der Waals surface area (Å²) in [6.45, 7) is 0. The Balaban J connectivity index is 1.83. The summed E-state index contributed by atoms with van der Waals surface area (Å²) in [6, 6.07) is 9.29. The number of aromatic nitrogens is 1. The zero-order valence-corrected chi connectivity index (χ0v) is 12.6. The van der Waals surface area contributed by atoms with Crippen LogP contribution in [-0.4, -0.2) is 16.4 Å². The molecule has 1 aromatic carbocycles. The molecule has 3 N–H and O–H groups in total. The highest BCUT2D eigenvalue weighted by Crippen LogP contribution is 2.21. The van der Waals surface area contributed by atoms with Crippen molar-refractivity contribution in [3.05, 3.63) is 70.4 Å². The van der Waals surface area contributed by atoms with Crippen molar-refractivity contribution in [2.75, 3.05) is 5.32 Å². The first kappa shape index (κ1) is 15.0. The van der Waals surface area contributed by atoms with E-state index >= 15 is 0 Å². The van der Waals surface area contributed by atoms with Gasteiger partial charge in [-0.05, 0) is 36.4 Å². The van der Waals surface area contributed by atoms with Gasteiger partial charge in [0.2, 0.25) is 5.91 Å².